The molecule has 1 fully saturated rings. The van der Waals surface area contributed by atoms with Crippen LogP contribution >= 0.6 is 0 Å². The van der Waals surface area contributed by atoms with E-state index >= 15 is 0 Å². The van der Waals surface area contributed by atoms with E-state index in [0.717, 1.165) is 36.3 Å². The van der Waals surface area contributed by atoms with Gasteiger partial charge < -0.3 is 5.32 Å². The van der Waals surface area contributed by atoms with Gasteiger partial charge in [0, 0.05) is 50.2 Å². The molecule has 1 aromatic heterocycles. The lowest BCUT2D eigenvalue weighted by Crippen LogP contribution is -2.48. The van der Waals surface area contributed by atoms with Gasteiger partial charge in [-0.25, -0.2) is 4.39 Å². The van der Waals surface area contributed by atoms with Crippen LogP contribution in [0.3, 0.4) is 0 Å². The largest absolute Gasteiger partial charge is 0.312 e. The molecule has 0 aliphatic carbocycles. The molecule has 1 aliphatic heterocycles. The van der Waals surface area contributed by atoms with Gasteiger partial charge in [0.2, 0.25) is 0 Å². The smallest absolute Gasteiger partial charge is 0.128 e. The highest BCUT2D eigenvalue weighted by atomic mass is 19.1. The molecule has 3 rings (SSSR count). The summed E-state index contributed by atoms with van der Waals surface area (Å²) in [5.74, 6) is -0.129. The summed E-state index contributed by atoms with van der Waals surface area (Å²) in [5, 5.41) is 3.40. The Morgan fingerprint density at radius 2 is 2.05 bits per heavy atom. The van der Waals surface area contributed by atoms with Crippen molar-refractivity contribution in [1.29, 1.82) is 0 Å². The predicted octanol–water partition coefficient (Wildman–Crippen LogP) is 2.68. The van der Waals surface area contributed by atoms with Crippen LogP contribution in [0.2, 0.25) is 0 Å². The number of aromatic nitrogens is 1. The van der Waals surface area contributed by atoms with Crippen LogP contribution in [0.5, 0.6) is 0 Å². The maximum Gasteiger partial charge on any atom is 0.128 e. The van der Waals surface area contributed by atoms with Crippen LogP contribution < -0.4 is 5.32 Å². The molecule has 0 radical (unpaired) electrons. The minimum atomic E-state index is -0.129. The summed E-state index contributed by atoms with van der Waals surface area (Å²) in [6.07, 6.45) is 3.45. The van der Waals surface area contributed by atoms with E-state index in [1.165, 1.54) is 0 Å². The van der Waals surface area contributed by atoms with E-state index in [0.29, 0.717) is 12.6 Å². The Labute approximate surface area is 124 Å². The first-order chi connectivity index (χ1) is 10.2. The van der Waals surface area contributed by atoms with Gasteiger partial charge in [-0.2, -0.15) is 0 Å². The molecule has 1 atom stereocenters. The molecule has 2 heterocycles. The van der Waals surface area contributed by atoms with Crippen molar-refractivity contribution in [2.45, 2.75) is 19.5 Å². The number of benzene rings is 1. The summed E-state index contributed by atoms with van der Waals surface area (Å²) in [6, 6.07) is 9.77. The Balaban J connectivity index is 1.75. The molecule has 0 saturated carbocycles. The highest BCUT2D eigenvalue weighted by molar-refractivity contribution is 5.63. The zero-order valence-corrected chi connectivity index (χ0v) is 12.2. The molecule has 3 nitrogen and oxygen atoms in total. The summed E-state index contributed by atoms with van der Waals surface area (Å²) < 4.78 is 14.3. The predicted molar refractivity (Wildman–Crippen MR) is 82.4 cm³/mol. The molecular weight excluding hydrogens is 265 g/mol. The van der Waals surface area contributed by atoms with Gasteiger partial charge in [0.05, 0.1) is 0 Å². The number of nitrogens with zero attached hydrogens (tertiary/aromatic N) is 2. The van der Waals surface area contributed by atoms with Crippen molar-refractivity contribution in [2.75, 3.05) is 19.6 Å². The number of hydrogen-bond acceptors (Lipinski definition) is 3. The molecular formula is C17H20FN3. The van der Waals surface area contributed by atoms with Gasteiger partial charge in [-0.1, -0.05) is 12.1 Å². The third-order valence-electron chi connectivity index (χ3n) is 3.91. The van der Waals surface area contributed by atoms with Crippen molar-refractivity contribution in [3.05, 3.63) is 54.1 Å². The topological polar surface area (TPSA) is 28.2 Å². The maximum atomic E-state index is 14.3. The summed E-state index contributed by atoms with van der Waals surface area (Å²) in [4.78, 5) is 6.29. The highest BCUT2D eigenvalue weighted by Gasteiger charge is 2.17. The zero-order chi connectivity index (χ0) is 14.7. The van der Waals surface area contributed by atoms with Crippen molar-refractivity contribution < 1.29 is 4.39 Å². The van der Waals surface area contributed by atoms with Crippen LogP contribution in [-0.4, -0.2) is 35.6 Å². The lowest BCUT2D eigenvalue weighted by molar-refractivity contribution is 0.197. The average Bonchev–Trinajstić information content (AvgIpc) is 2.50. The van der Waals surface area contributed by atoms with Crippen molar-refractivity contribution in [3.8, 4) is 11.1 Å². The van der Waals surface area contributed by atoms with Crippen molar-refractivity contribution in [2.24, 2.45) is 0 Å². The van der Waals surface area contributed by atoms with Gasteiger partial charge in [0.25, 0.3) is 0 Å². The van der Waals surface area contributed by atoms with Gasteiger partial charge in [-0.3, -0.25) is 9.88 Å². The number of rotatable bonds is 3. The molecule has 1 saturated heterocycles. The van der Waals surface area contributed by atoms with Gasteiger partial charge in [0.1, 0.15) is 5.82 Å². The van der Waals surface area contributed by atoms with Crippen LogP contribution in [-0.2, 0) is 6.54 Å². The fourth-order valence-corrected chi connectivity index (χ4v) is 2.80. The summed E-state index contributed by atoms with van der Waals surface area (Å²) >= 11 is 0. The maximum absolute atomic E-state index is 14.3. The first kappa shape index (κ1) is 14.2. The molecule has 2 aromatic rings. The number of pyridine rings is 1. The van der Waals surface area contributed by atoms with Crippen LogP contribution in [0.25, 0.3) is 11.1 Å². The molecule has 0 unspecified atom stereocenters. The fourth-order valence-electron chi connectivity index (χ4n) is 2.80. The van der Waals surface area contributed by atoms with E-state index in [-0.39, 0.29) is 5.82 Å². The van der Waals surface area contributed by atoms with Gasteiger partial charge in [-0.15, -0.1) is 0 Å². The Kier molecular flexibility index (Phi) is 4.27. The molecule has 4 heteroatoms. The quantitative estimate of drug-likeness (QED) is 0.940. The van der Waals surface area contributed by atoms with Gasteiger partial charge in [0.15, 0.2) is 0 Å². The highest BCUT2D eigenvalue weighted by Crippen LogP contribution is 2.22. The van der Waals surface area contributed by atoms with Crippen LogP contribution in [0.15, 0.2) is 42.7 Å². The zero-order valence-electron chi connectivity index (χ0n) is 12.2. The summed E-state index contributed by atoms with van der Waals surface area (Å²) in [6.45, 7) is 5.74. The first-order valence-electron chi connectivity index (χ1n) is 7.37. The lowest BCUT2D eigenvalue weighted by Gasteiger charge is -2.31. The monoisotopic (exact) mass is 285 g/mol. The average molecular weight is 285 g/mol. The Hall–Kier alpha value is -1.78. The third kappa shape index (κ3) is 3.46. The van der Waals surface area contributed by atoms with Crippen LogP contribution in [0.4, 0.5) is 4.39 Å². The molecule has 0 spiro atoms. The molecule has 1 aromatic carbocycles. The molecule has 0 bridgehead atoms. The van der Waals surface area contributed by atoms with Crippen molar-refractivity contribution in [1.82, 2.24) is 15.2 Å². The molecule has 21 heavy (non-hydrogen) atoms. The molecule has 1 aliphatic rings. The van der Waals surface area contributed by atoms with Crippen molar-refractivity contribution >= 4 is 0 Å². The van der Waals surface area contributed by atoms with E-state index in [1.54, 1.807) is 18.5 Å². The normalized spacial score (nSPS) is 19.6. The number of piperazine rings is 1. The minimum Gasteiger partial charge on any atom is -0.312 e. The molecule has 110 valence electrons. The standard InChI is InChI=1S/C17H20FN3/c1-13-11-21(9-8-20-13)12-16-3-2-15(10-17(16)18)14-4-6-19-7-5-14/h2-7,10,13,20H,8-9,11-12H2,1H3/t13-/m0/s1. The molecule has 0 amide bonds. The van der Waals surface area contributed by atoms with E-state index in [4.69, 9.17) is 0 Å². The fraction of sp³-hybridized carbons (Fsp3) is 0.353. The Bertz CT molecular complexity index is 600. The van der Waals surface area contributed by atoms with E-state index in [2.05, 4.69) is 22.1 Å². The Morgan fingerprint density at radius 1 is 1.24 bits per heavy atom. The second kappa shape index (κ2) is 6.33. The summed E-state index contributed by atoms with van der Waals surface area (Å²) in [5.41, 5.74) is 2.65. The lowest BCUT2D eigenvalue weighted by atomic mass is 10.0. The third-order valence-corrected chi connectivity index (χ3v) is 3.91. The van der Waals surface area contributed by atoms with Gasteiger partial charge in [-0.05, 0) is 36.2 Å². The van der Waals surface area contributed by atoms with E-state index in [1.807, 2.05) is 24.3 Å². The van der Waals surface area contributed by atoms with Crippen molar-refractivity contribution in [3.63, 3.8) is 0 Å². The van der Waals surface area contributed by atoms with Crippen LogP contribution in [0, 0.1) is 5.82 Å². The first-order valence-corrected chi connectivity index (χ1v) is 7.37. The second-order valence-corrected chi connectivity index (χ2v) is 5.63. The van der Waals surface area contributed by atoms with E-state index < -0.39 is 0 Å². The molecule has 1 N–H and O–H groups in total. The minimum absolute atomic E-state index is 0.129. The Morgan fingerprint density at radius 3 is 2.76 bits per heavy atom. The van der Waals surface area contributed by atoms with Gasteiger partial charge >= 0.3 is 0 Å². The number of halogens is 1. The number of nitrogens with one attached hydrogen (secondary N) is 1. The van der Waals surface area contributed by atoms with Crippen LogP contribution in [0.1, 0.15) is 12.5 Å². The second-order valence-electron chi connectivity index (χ2n) is 5.63. The van der Waals surface area contributed by atoms with E-state index in [9.17, 15) is 4.39 Å². The SMILES string of the molecule is C[C@H]1CN(Cc2ccc(-c3ccncc3)cc2F)CCN1. The summed E-state index contributed by atoms with van der Waals surface area (Å²) in [7, 11) is 0. The number of hydrogen-bond donors (Lipinski definition) is 1.